The third-order valence-electron chi connectivity index (χ3n) is 2.83. The van der Waals surface area contributed by atoms with Crippen LogP contribution in [0.15, 0.2) is 24.8 Å². The molecule has 0 amide bonds. The molecule has 0 aliphatic heterocycles. The Balaban J connectivity index is 3.13. The van der Waals surface area contributed by atoms with Crippen molar-refractivity contribution in [1.29, 1.82) is 0 Å². The van der Waals surface area contributed by atoms with Crippen molar-refractivity contribution in [3.05, 3.63) is 35.9 Å². The molecule has 0 saturated carbocycles. The van der Waals surface area contributed by atoms with Crippen LogP contribution < -0.4 is 10.9 Å². The van der Waals surface area contributed by atoms with Crippen LogP contribution in [-0.4, -0.2) is 7.05 Å². The SMILES string of the molecule is C=Cc1cc([C@H](C)CC)ccc1N(C)N. The molecular weight excluding hydrogens is 184 g/mol. The van der Waals surface area contributed by atoms with Gasteiger partial charge in [-0.25, -0.2) is 5.84 Å². The van der Waals surface area contributed by atoms with Crippen LogP contribution in [0.3, 0.4) is 0 Å². The van der Waals surface area contributed by atoms with Crippen molar-refractivity contribution >= 4 is 11.8 Å². The second kappa shape index (κ2) is 4.99. The molecule has 0 aromatic heterocycles. The van der Waals surface area contributed by atoms with Crippen LogP contribution in [0.1, 0.15) is 37.3 Å². The first-order valence-corrected chi connectivity index (χ1v) is 5.35. The predicted molar refractivity (Wildman–Crippen MR) is 67.8 cm³/mol. The highest BCUT2D eigenvalue weighted by Crippen LogP contribution is 2.26. The van der Waals surface area contributed by atoms with Gasteiger partial charge in [0.15, 0.2) is 0 Å². The summed E-state index contributed by atoms with van der Waals surface area (Å²) in [6, 6.07) is 6.36. The van der Waals surface area contributed by atoms with E-state index in [0.29, 0.717) is 5.92 Å². The Labute approximate surface area is 92.4 Å². The van der Waals surface area contributed by atoms with Crippen LogP contribution in [0, 0.1) is 0 Å². The van der Waals surface area contributed by atoms with E-state index in [1.165, 1.54) is 5.56 Å². The fraction of sp³-hybridized carbons (Fsp3) is 0.385. The number of rotatable bonds is 4. The molecule has 2 heteroatoms. The summed E-state index contributed by atoms with van der Waals surface area (Å²) in [4.78, 5) is 0. The van der Waals surface area contributed by atoms with E-state index >= 15 is 0 Å². The van der Waals surface area contributed by atoms with E-state index in [1.54, 1.807) is 5.01 Å². The molecule has 1 aromatic rings. The van der Waals surface area contributed by atoms with E-state index in [4.69, 9.17) is 5.84 Å². The largest absolute Gasteiger partial charge is 0.314 e. The van der Waals surface area contributed by atoms with E-state index < -0.39 is 0 Å². The quantitative estimate of drug-likeness (QED) is 0.603. The number of benzene rings is 1. The molecular formula is C13H20N2. The molecule has 2 N–H and O–H groups in total. The van der Waals surface area contributed by atoms with E-state index in [-0.39, 0.29) is 0 Å². The van der Waals surface area contributed by atoms with Gasteiger partial charge in [-0.3, -0.25) is 0 Å². The molecule has 1 atom stereocenters. The lowest BCUT2D eigenvalue weighted by molar-refractivity contribution is 0.733. The van der Waals surface area contributed by atoms with Gasteiger partial charge in [-0.2, -0.15) is 0 Å². The predicted octanol–water partition coefficient (Wildman–Crippen LogP) is 3.15. The van der Waals surface area contributed by atoms with Crippen LogP contribution >= 0.6 is 0 Å². The van der Waals surface area contributed by atoms with Gasteiger partial charge in [0.25, 0.3) is 0 Å². The standard InChI is InChI=1S/C13H20N2/c1-5-10(3)12-7-8-13(15(4)14)11(6-2)9-12/h6-10H,2,5,14H2,1,3-4H3/t10-/m1/s1. The topological polar surface area (TPSA) is 29.3 Å². The molecule has 82 valence electrons. The van der Waals surface area contributed by atoms with Crippen LogP contribution in [0.2, 0.25) is 0 Å². The minimum atomic E-state index is 0.584. The fourth-order valence-electron chi connectivity index (χ4n) is 1.60. The second-order valence-corrected chi connectivity index (χ2v) is 3.94. The maximum Gasteiger partial charge on any atom is 0.0586 e. The average Bonchev–Trinajstić information content (AvgIpc) is 2.26. The minimum absolute atomic E-state index is 0.584. The Morgan fingerprint density at radius 3 is 2.67 bits per heavy atom. The average molecular weight is 204 g/mol. The summed E-state index contributed by atoms with van der Waals surface area (Å²) in [6.45, 7) is 8.24. The van der Waals surface area contributed by atoms with Crippen LogP contribution in [0.5, 0.6) is 0 Å². The molecule has 0 saturated heterocycles. The zero-order valence-corrected chi connectivity index (χ0v) is 9.83. The number of hydrogen-bond acceptors (Lipinski definition) is 2. The van der Waals surface area contributed by atoms with Gasteiger partial charge in [-0.05, 0) is 35.6 Å². The van der Waals surface area contributed by atoms with E-state index in [9.17, 15) is 0 Å². The Kier molecular flexibility index (Phi) is 3.92. The van der Waals surface area contributed by atoms with E-state index in [2.05, 4.69) is 38.6 Å². The molecule has 1 rings (SSSR count). The number of anilines is 1. The van der Waals surface area contributed by atoms with Gasteiger partial charge in [-0.15, -0.1) is 0 Å². The monoisotopic (exact) mass is 204 g/mol. The Morgan fingerprint density at radius 1 is 1.53 bits per heavy atom. The lowest BCUT2D eigenvalue weighted by Crippen LogP contribution is -2.25. The minimum Gasteiger partial charge on any atom is -0.314 e. The van der Waals surface area contributed by atoms with Crippen LogP contribution in [0.25, 0.3) is 6.08 Å². The molecule has 0 spiro atoms. The maximum atomic E-state index is 5.73. The van der Waals surface area contributed by atoms with Crippen molar-refractivity contribution in [2.75, 3.05) is 12.1 Å². The summed E-state index contributed by atoms with van der Waals surface area (Å²) in [7, 11) is 1.84. The molecule has 0 aliphatic carbocycles. The number of nitrogens with zero attached hydrogens (tertiary/aromatic N) is 1. The smallest absolute Gasteiger partial charge is 0.0586 e. The zero-order chi connectivity index (χ0) is 11.4. The molecule has 0 bridgehead atoms. The van der Waals surface area contributed by atoms with Crippen LogP contribution in [0.4, 0.5) is 5.69 Å². The number of hydrogen-bond donors (Lipinski definition) is 1. The molecule has 0 heterocycles. The normalized spacial score (nSPS) is 12.3. The van der Waals surface area contributed by atoms with Crippen molar-refractivity contribution < 1.29 is 0 Å². The van der Waals surface area contributed by atoms with Gasteiger partial charge in [0.1, 0.15) is 0 Å². The molecule has 0 radical (unpaired) electrons. The number of nitrogens with two attached hydrogens (primary N) is 1. The van der Waals surface area contributed by atoms with Gasteiger partial charge in [0.05, 0.1) is 5.69 Å². The van der Waals surface area contributed by atoms with Crippen molar-refractivity contribution in [2.24, 2.45) is 5.84 Å². The second-order valence-electron chi connectivity index (χ2n) is 3.94. The summed E-state index contributed by atoms with van der Waals surface area (Å²) >= 11 is 0. The zero-order valence-electron chi connectivity index (χ0n) is 9.83. The van der Waals surface area contributed by atoms with Gasteiger partial charge in [0.2, 0.25) is 0 Å². The third kappa shape index (κ3) is 2.60. The summed E-state index contributed by atoms with van der Waals surface area (Å²) in [6.07, 6.45) is 3.00. The summed E-state index contributed by atoms with van der Waals surface area (Å²) in [5.74, 6) is 6.32. The third-order valence-corrected chi connectivity index (χ3v) is 2.83. The Hall–Kier alpha value is -1.28. The Bertz CT molecular complexity index is 342. The molecule has 0 fully saturated rings. The van der Waals surface area contributed by atoms with E-state index in [1.807, 2.05) is 13.1 Å². The van der Waals surface area contributed by atoms with Gasteiger partial charge in [-0.1, -0.05) is 32.6 Å². The van der Waals surface area contributed by atoms with Crippen molar-refractivity contribution in [2.45, 2.75) is 26.2 Å². The van der Waals surface area contributed by atoms with Gasteiger partial charge in [0, 0.05) is 7.05 Å². The van der Waals surface area contributed by atoms with E-state index in [0.717, 1.165) is 17.7 Å². The maximum absolute atomic E-state index is 5.73. The van der Waals surface area contributed by atoms with Crippen molar-refractivity contribution in [3.63, 3.8) is 0 Å². The lowest BCUT2D eigenvalue weighted by Gasteiger charge is -2.18. The van der Waals surface area contributed by atoms with Gasteiger partial charge >= 0.3 is 0 Å². The molecule has 0 unspecified atom stereocenters. The lowest BCUT2D eigenvalue weighted by atomic mass is 9.96. The first-order chi connectivity index (χ1) is 7.10. The molecule has 0 aliphatic rings. The Morgan fingerprint density at radius 2 is 2.20 bits per heavy atom. The van der Waals surface area contributed by atoms with Crippen molar-refractivity contribution in [1.82, 2.24) is 0 Å². The highest BCUT2D eigenvalue weighted by molar-refractivity contribution is 5.67. The fourth-order valence-corrected chi connectivity index (χ4v) is 1.60. The number of hydrazine groups is 1. The highest BCUT2D eigenvalue weighted by atomic mass is 15.4. The summed E-state index contributed by atoms with van der Waals surface area (Å²) in [5.41, 5.74) is 3.45. The highest BCUT2D eigenvalue weighted by Gasteiger charge is 2.07. The summed E-state index contributed by atoms with van der Waals surface area (Å²) < 4.78 is 0. The molecule has 2 nitrogen and oxygen atoms in total. The summed E-state index contributed by atoms with van der Waals surface area (Å²) in [5, 5.41) is 1.62. The van der Waals surface area contributed by atoms with Gasteiger partial charge < -0.3 is 5.01 Å². The van der Waals surface area contributed by atoms with Crippen LogP contribution in [-0.2, 0) is 0 Å². The first-order valence-electron chi connectivity index (χ1n) is 5.35. The first kappa shape index (κ1) is 11.8. The molecule has 15 heavy (non-hydrogen) atoms. The van der Waals surface area contributed by atoms with Crippen molar-refractivity contribution in [3.8, 4) is 0 Å². The molecule has 1 aromatic carbocycles.